The van der Waals surface area contributed by atoms with Crippen LogP contribution >= 0.6 is 0 Å². The monoisotopic (exact) mass is 221 g/mol. The number of aromatic nitrogens is 1. The summed E-state index contributed by atoms with van der Waals surface area (Å²) in [4.78, 5) is 0. The van der Waals surface area contributed by atoms with E-state index in [1.165, 1.54) is 0 Å². The zero-order chi connectivity index (χ0) is 11.2. The van der Waals surface area contributed by atoms with Crippen LogP contribution in [-0.2, 0) is 0 Å². The fourth-order valence-electron chi connectivity index (χ4n) is 1.54. The Hall–Kier alpha value is -1.29. The van der Waals surface area contributed by atoms with Crippen molar-refractivity contribution in [1.82, 2.24) is 0 Å². The van der Waals surface area contributed by atoms with Gasteiger partial charge in [0.2, 0.25) is 0 Å². The molecule has 2 heterocycles. The lowest BCUT2D eigenvalue weighted by Crippen LogP contribution is -2.36. The second-order valence-corrected chi connectivity index (χ2v) is 9.95. The maximum atomic E-state index is 11.6. The Balaban J connectivity index is 2.71. The van der Waals surface area contributed by atoms with Gasteiger partial charge in [0.25, 0.3) is 5.52 Å². The molecule has 0 spiro atoms. The number of hydrogen-bond acceptors (Lipinski definition) is 2. The van der Waals surface area contributed by atoms with Crippen molar-refractivity contribution >= 4 is 24.6 Å². The Morgan fingerprint density at radius 3 is 2.53 bits per heavy atom. The van der Waals surface area contributed by atoms with Crippen molar-refractivity contribution in [3.63, 3.8) is 0 Å². The van der Waals surface area contributed by atoms with Crippen LogP contribution in [0.25, 0.3) is 11.1 Å². The smallest absolute Gasteiger partial charge is 0.262 e. The number of rotatable bonds is 1. The Bertz CT molecular complexity index is 511. The van der Waals surface area contributed by atoms with Crippen molar-refractivity contribution in [1.29, 1.82) is 0 Å². The number of nitrogens with zero attached hydrogens (tertiary/aromatic N) is 1. The maximum absolute atomic E-state index is 11.6. The molecule has 0 aromatic carbocycles. The van der Waals surface area contributed by atoms with Gasteiger partial charge in [0.1, 0.15) is 8.07 Å². The fraction of sp³-hybridized carbons (Fsp3) is 0.364. The molecule has 0 saturated heterocycles. The minimum Gasteiger partial charge on any atom is -0.618 e. The molecule has 0 atom stereocenters. The van der Waals surface area contributed by atoms with E-state index in [1.807, 2.05) is 19.1 Å². The quantitative estimate of drug-likeness (QED) is 0.419. The molecule has 0 N–H and O–H groups in total. The van der Waals surface area contributed by atoms with E-state index in [4.69, 9.17) is 4.42 Å². The number of aryl methyl sites for hydroxylation is 1. The number of fused-ring (bicyclic) bond motifs is 1. The first-order valence-corrected chi connectivity index (χ1v) is 8.52. The maximum Gasteiger partial charge on any atom is 0.262 e. The van der Waals surface area contributed by atoms with Crippen LogP contribution in [0.5, 0.6) is 0 Å². The van der Waals surface area contributed by atoms with Crippen molar-refractivity contribution in [2.24, 2.45) is 0 Å². The molecule has 4 heteroatoms. The molecule has 0 aliphatic carbocycles. The van der Waals surface area contributed by atoms with Gasteiger partial charge in [0.15, 0.2) is 11.8 Å². The van der Waals surface area contributed by atoms with Crippen LogP contribution in [0, 0.1) is 12.1 Å². The highest BCUT2D eigenvalue weighted by Gasteiger charge is 2.24. The summed E-state index contributed by atoms with van der Waals surface area (Å²) in [5, 5.41) is 12.6. The van der Waals surface area contributed by atoms with Gasteiger partial charge in [-0.2, -0.15) is 4.73 Å². The van der Waals surface area contributed by atoms with Crippen molar-refractivity contribution in [2.45, 2.75) is 26.6 Å². The molecule has 15 heavy (non-hydrogen) atoms. The number of furan rings is 1. The SMILES string of the molecule is Cc1cc2oc([Si](C)(C)C)cc2[n+]([O-])c1. The molecule has 80 valence electrons. The van der Waals surface area contributed by atoms with Crippen LogP contribution in [0.4, 0.5) is 0 Å². The van der Waals surface area contributed by atoms with Gasteiger partial charge in [0.05, 0.1) is 5.38 Å². The molecule has 0 saturated carbocycles. The highest BCUT2D eigenvalue weighted by Crippen LogP contribution is 2.14. The molecular formula is C11H15NO2Si. The minimum atomic E-state index is -1.48. The van der Waals surface area contributed by atoms with E-state index in [9.17, 15) is 5.21 Å². The number of pyridine rings is 1. The average Bonchev–Trinajstić information content (AvgIpc) is 2.46. The Morgan fingerprint density at radius 1 is 1.27 bits per heavy atom. The van der Waals surface area contributed by atoms with E-state index in [0.717, 1.165) is 15.7 Å². The molecule has 0 unspecified atom stereocenters. The van der Waals surface area contributed by atoms with Crippen LogP contribution < -0.4 is 10.1 Å². The van der Waals surface area contributed by atoms with Crippen molar-refractivity contribution in [3.8, 4) is 0 Å². The second-order valence-electron chi connectivity index (χ2n) is 4.95. The summed E-state index contributed by atoms with van der Waals surface area (Å²) in [6.45, 7) is 8.50. The van der Waals surface area contributed by atoms with Gasteiger partial charge in [-0.3, -0.25) is 0 Å². The lowest BCUT2D eigenvalue weighted by Gasteiger charge is -2.09. The predicted octanol–water partition coefficient (Wildman–Crippen LogP) is 1.92. The van der Waals surface area contributed by atoms with Crippen molar-refractivity contribution < 1.29 is 9.15 Å². The zero-order valence-electron chi connectivity index (χ0n) is 9.50. The van der Waals surface area contributed by atoms with E-state index < -0.39 is 8.07 Å². The standard InChI is InChI=1S/C11H15NO2Si/c1-8-5-10-9(12(13)7-8)6-11(14-10)15(2,3)4/h5-7H,1-4H3. The fourth-order valence-corrected chi connectivity index (χ4v) is 2.53. The normalized spacial score (nSPS) is 12.3. The highest BCUT2D eigenvalue weighted by molar-refractivity contribution is 6.87. The molecular weight excluding hydrogens is 206 g/mol. The first kappa shape index (κ1) is 10.2. The molecule has 0 aliphatic rings. The molecule has 2 aromatic heterocycles. The lowest BCUT2D eigenvalue weighted by atomic mass is 10.3. The largest absolute Gasteiger partial charge is 0.618 e. The average molecular weight is 221 g/mol. The summed E-state index contributed by atoms with van der Waals surface area (Å²) in [6.07, 6.45) is 1.58. The Kier molecular flexibility index (Phi) is 2.11. The first-order chi connectivity index (χ1) is 6.88. The number of hydrogen-bond donors (Lipinski definition) is 0. The molecule has 0 radical (unpaired) electrons. The Labute approximate surface area is 89.9 Å². The summed E-state index contributed by atoms with van der Waals surface area (Å²) in [7, 11) is -1.48. The highest BCUT2D eigenvalue weighted by atomic mass is 28.3. The second kappa shape index (κ2) is 3.10. The summed E-state index contributed by atoms with van der Waals surface area (Å²) in [5.41, 5.74) is 2.26. The van der Waals surface area contributed by atoms with Gasteiger partial charge >= 0.3 is 0 Å². The Morgan fingerprint density at radius 2 is 1.93 bits per heavy atom. The van der Waals surface area contributed by atoms with Gasteiger partial charge in [0, 0.05) is 11.6 Å². The van der Waals surface area contributed by atoms with Gasteiger partial charge in [-0.1, -0.05) is 19.6 Å². The van der Waals surface area contributed by atoms with Gasteiger partial charge < -0.3 is 9.62 Å². The van der Waals surface area contributed by atoms with Gasteiger partial charge in [-0.25, -0.2) is 0 Å². The van der Waals surface area contributed by atoms with E-state index in [-0.39, 0.29) is 0 Å². The molecule has 2 rings (SSSR count). The molecule has 0 amide bonds. The van der Waals surface area contributed by atoms with Crippen LogP contribution in [0.1, 0.15) is 5.56 Å². The van der Waals surface area contributed by atoms with Crippen molar-refractivity contribution in [2.75, 3.05) is 0 Å². The molecule has 3 nitrogen and oxygen atoms in total. The van der Waals surface area contributed by atoms with Crippen molar-refractivity contribution in [3.05, 3.63) is 29.1 Å². The van der Waals surface area contributed by atoms with Crippen LogP contribution in [0.2, 0.25) is 19.6 Å². The molecule has 0 aliphatic heterocycles. The molecule has 2 aromatic rings. The third-order valence-corrected chi connectivity index (χ3v) is 4.12. The first-order valence-electron chi connectivity index (χ1n) is 5.02. The van der Waals surface area contributed by atoms with E-state index in [2.05, 4.69) is 19.6 Å². The van der Waals surface area contributed by atoms with E-state index in [0.29, 0.717) is 11.1 Å². The summed E-state index contributed by atoms with van der Waals surface area (Å²) < 4.78 is 6.62. The minimum absolute atomic E-state index is 0.637. The van der Waals surface area contributed by atoms with Crippen LogP contribution in [0.15, 0.2) is 22.7 Å². The topological polar surface area (TPSA) is 40.1 Å². The van der Waals surface area contributed by atoms with Gasteiger partial charge in [-0.15, -0.1) is 0 Å². The molecule has 0 bridgehead atoms. The summed E-state index contributed by atoms with van der Waals surface area (Å²) in [6, 6.07) is 3.79. The third-order valence-electron chi connectivity index (χ3n) is 2.40. The summed E-state index contributed by atoms with van der Waals surface area (Å²) >= 11 is 0. The molecule has 0 fully saturated rings. The summed E-state index contributed by atoms with van der Waals surface area (Å²) in [5.74, 6) is 0. The van der Waals surface area contributed by atoms with E-state index in [1.54, 1.807) is 6.20 Å². The van der Waals surface area contributed by atoms with Crippen LogP contribution in [0.3, 0.4) is 0 Å². The predicted molar refractivity (Wildman–Crippen MR) is 62.9 cm³/mol. The van der Waals surface area contributed by atoms with Crippen LogP contribution in [-0.4, -0.2) is 8.07 Å². The lowest BCUT2D eigenvalue weighted by molar-refractivity contribution is -0.577. The zero-order valence-corrected chi connectivity index (χ0v) is 10.5. The third kappa shape index (κ3) is 1.77. The van der Waals surface area contributed by atoms with E-state index >= 15 is 0 Å². The van der Waals surface area contributed by atoms with Gasteiger partial charge in [-0.05, 0) is 13.0 Å².